The summed E-state index contributed by atoms with van der Waals surface area (Å²) in [5, 5.41) is 1.42. The lowest BCUT2D eigenvalue weighted by molar-refractivity contribution is 1.09. The van der Waals surface area contributed by atoms with Crippen molar-refractivity contribution in [3.63, 3.8) is 0 Å². The summed E-state index contributed by atoms with van der Waals surface area (Å²) >= 11 is 9.48. The molecule has 2 aromatic rings. The van der Waals surface area contributed by atoms with Gasteiger partial charge in [-0.15, -0.1) is 0 Å². The van der Waals surface area contributed by atoms with Gasteiger partial charge in [0.05, 0.1) is 5.52 Å². The molecule has 0 aliphatic rings. The Morgan fingerprint density at radius 1 is 1.21 bits per heavy atom. The summed E-state index contributed by atoms with van der Waals surface area (Å²) in [6.07, 6.45) is 0. The molecule has 0 fully saturated rings. The Morgan fingerprint density at radius 3 is 2.64 bits per heavy atom. The molecule has 2 nitrogen and oxygen atoms in total. The van der Waals surface area contributed by atoms with Gasteiger partial charge in [-0.1, -0.05) is 27.5 Å². The quantitative estimate of drug-likeness (QED) is 0.683. The molecule has 0 saturated carbocycles. The van der Waals surface area contributed by atoms with E-state index in [-0.39, 0.29) is 0 Å². The average Bonchev–Trinajstić information content (AvgIpc) is 2.12. The monoisotopic (exact) mass is 270 g/mol. The number of hydrogen-bond donors (Lipinski definition) is 0. The van der Waals surface area contributed by atoms with Gasteiger partial charge in [-0.05, 0) is 31.5 Å². The number of hydrogen-bond acceptors (Lipinski definition) is 2. The van der Waals surface area contributed by atoms with E-state index in [9.17, 15) is 0 Å². The molecule has 14 heavy (non-hydrogen) atoms. The van der Waals surface area contributed by atoms with Crippen molar-refractivity contribution >= 4 is 38.4 Å². The molecule has 72 valence electrons. The molecule has 0 aliphatic carbocycles. The van der Waals surface area contributed by atoms with E-state index in [0.717, 1.165) is 20.9 Å². The topological polar surface area (TPSA) is 25.8 Å². The van der Waals surface area contributed by atoms with Crippen LogP contribution in [-0.4, -0.2) is 9.97 Å². The Hall–Kier alpha value is -0.670. The lowest BCUT2D eigenvalue weighted by Gasteiger charge is -2.05. The largest absolute Gasteiger partial charge is 0.233 e. The van der Waals surface area contributed by atoms with Crippen LogP contribution in [0.5, 0.6) is 0 Å². The van der Waals surface area contributed by atoms with Crippen LogP contribution >= 0.6 is 27.5 Å². The molecule has 0 aliphatic heterocycles. The van der Waals surface area contributed by atoms with Crippen LogP contribution in [0.2, 0.25) is 5.15 Å². The Balaban J connectivity index is 2.95. The van der Waals surface area contributed by atoms with E-state index in [2.05, 4.69) is 25.9 Å². The molecule has 4 heteroatoms. The third-order valence-electron chi connectivity index (χ3n) is 2.12. The molecule has 1 aromatic heterocycles. The van der Waals surface area contributed by atoms with Crippen molar-refractivity contribution in [3.8, 4) is 0 Å². The van der Waals surface area contributed by atoms with E-state index in [1.807, 2.05) is 26.0 Å². The number of rotatable bonds is 0. The maximum Gasteiger partial charge on any atom is 0.140 e. The molecule has 0 spiro atoms. The van der Waals surface area contributed by atoms with E-state index in [1.54, 1.807) is 0 Å². The molecule has 0 atom stereocenters. The minimum absolute atomic E-state index is 0.517. The standard InChI is InChI=1S/C10H8BrClN2/c1-5-8(11)4-3-7-9(5)13-6(2)14-10(7)12/h3-4H,1-2H3. The van der Waals surface area contributed by atoms with E-state index in [0.29, 0.717) is 11.0 Å². The number of benzene rings is 1. The maximum atomic E-state index is 6.02. The van der Waals surface area contributed by atoms with Crippen molar-refractivity contribution in [2.45, 2.75) is 13.8 Å². The number of aromatic nitrogens is 2. The van der Waals surface area contributed by atoms with Gasteiger partial charge < -0.3 is 0 Å². The van der Waals surface area contributed by atoms with E-state index < -0.39 is 0 Å². The van der Waals surface area contributed by atoms with Gasteiger partial charge in [0.1, 0.15) is 11.0 Å². The Morgan fingerprint density at radius 2 is 1.93 bits per heavy atom. The SMILES string of the molecule is Cc1nc(Cl)c2ccc(Br)c(C)c2n1. The summed E-state index contributed by atoms with van der Waals surface area (Å²) in [6.45, 7) is 3.85. The Bertz CT molecular complexity index is 511. The van der Waals surface area contributed by atoms with Crippen LogP contribution in [0.4, 0.5) is 0 Å². The van der Waals surface area contributed by atoms with E-state index in [4.69, 9.17) is 11.6 Å². The molecule has 2 rings (SSSR count). The van der Waals surface area contributed by atoms with Gasteiger partial charge in [-0.3, -0.25) is 0 Å². The first kappa shape index (κ1) is 9.87. The van der Waals surface area contributed by atoms with Crippen LogP contribution in [0.25, 0.3) is 10.9 Å². The van der Waals surface area contributed by atoms with Crippen molar-refractivity contribution in [1.82, 2.24) is 9.97 Å². The van der Waals surface area contributed by atoms with Crippen LogP contribution in [0.15, 0.2) is 16.6 Å². The molecule has 1 heterocycles. The van der Waals surface area contributed by atoms with Crippen molar-refractivity contribution in [2.75, 3.05) is 0 Å². The van der Waals surface area contributed by atoms with E-state index in [1.165, 1.54) is 0 Å². The van der Waals surface area contributed by atoms with Crippen LogP contribution in [-0.2, 0) is 0 Å². The summed E-state index contributed by atoms with van der Waals surface area (Å²) in [7, 11) is 0. The molecule has 0 saturated heterocycles. The molecule has 1 aromatic carbocycles. The Labute approximate surface area is 95.5 Å². The molecular formula is C10H8BrClN2. The molecule has 0 bridgehead atoms. The lowest BCUT2D eigenvalue weighted by atomic mass is 10.1. The predicted molar refractivity (Wildman–Crippen MR) is 61.7 cm³/mol. The van der Waals surface area contributed by atoms with Gasteiger partial charge in [0.2, 0.25) is 0 Å². The van der Waals surface area contributed by atoms with Gasteiger partial charge in [0.15, 0.2) is 0 Å². The van der Waals surface area contributed by atoms with Gasteiger partial charge in [0.25, 0.3) is 0 Å². The van der Waals surface area contributed by atoms with Crippen LogP contribution in [0, 0.1) is 13.8 Å². The minimum Gasteiger partial charge on any atom is -0.233 e. The second kappa shape index (κ2) is 3.48. The number of nitrogens with zero attached hydrogens (tertiary/aromatic N) is 2. The fourth-order valence-corrected chi connectivity index (χ4v) is 1.97. The highest BCUT2D eigenvalue weighted by molar-refractivity contribution is 9.10. The van der Waals surface area contributed by atoms with Crippen molar-refractivity contribution in [2.24, 2.45) is 0 Å². The second-order valence-electron chi connectivity index (χ2n) is 3.13. The van der Waals surface area contributed by atoms with Crippen molar-refractivity contribution < 1.29 is 0 Å². The third kappa shape index (κ3) is 1.51. The van der Waals surface area contributed by atoms with Crippen molar-refractivity contribution in [3.05, 3.63) is 33.1 Å². The molecule has 0 unspecified atom stereocenters. The van der Waals surface area contributed by atoms with Crippen LogP contribution < -0.4 is 0 Å². The fraction of sp³-hybridized carbons (Fsp3) is 0.200. The van der Waals surface area contributed by atoms with E-state index >= 15 is 0 Å². The van der Waals surface area contributed by atoms with Crippen LogP contribution in [0.3, 0.4) is 0 Å². The van der Waals surface area contributed by atoms with Crippen molar-refractivity contribution in [1.29, 1.82) is 0 Å². The minimum atomic E-state index is 0.517. The zero-order chi connectivity index (χ0) is 10.3. The first-order valence-electron chi connectivity index (χ1n) is 4.18. The highest BCUT2D eigenvalue weighted by atomic mass is 79.9. The highest BCUT2D eigenvalue weighted by Crippen LogP contribution is 2.27. The second-order valence-corrected chi connectivity index (χ2v) is 4.34. The summed E-state index contributed by atoms with van der Waals surface area (Å²) < 4.78 is 1.04. The van der Waals surface area contributed by atoms with Gasteiger partial charge >= 0.3 is 0 Å². The fourth-order valence-electron chi connectivity index (χ4n) is 1.38. The summed E-state index contributed by atoms with van der Waals surface area (Å²) in [4.78, 5) is 8.48. The molecule has 0 amide bonds. The van der Waals surface area contributed by atoms with Crippen LogP contribution in [0.1, 0.15) is 11.4 Å². The van der Waals surface area contributed by atoms with Gasteiger partial charge in [0, 0.05) is 9.86 Å². The highest BCUT2D eigenvalue weighted by Gasteiger charge is 2.07. The number of aryl methyl sites for hydroxylation is 2. The first-order valence-corrected chi connectivity index (χ1v) is 5.35. The summed E-state index contributed by atoms with van der Waals surface area (Å²) in [5.41, 5.74) is 2.01. The van der Waals surface area contributed by atoms with Gasteiger partial charge in [-0.25, -0.2) is 9.97 Å². The third-order valence-corrected chi connectivity index (χ3v) is 3.27. The first-order chi connectivity index (χ1) is 6.59. The number of halogens is 2. The summed E-state index contributed by atoms with van der Waals surface area (Å²) in [5.74, 6) is 0.698. The summed E-state index contributed by atoms with van der Waals surface area (Å²) in [6, 6.07) is 3.89. The smallest absolute Gasteiger partial charge is 0.140 e. The Kier molecular flexibility index (Phi) is 2.45. The lowest BCUT2D eigenvalue weighted by Crippen LogP contribution is -1.92. The molecule has 0 N–H and O–H groups in total. The number of fused-ring (bicyclic) bond motifs is 1. The average molecular weight is 272 g/mol. The molecule has 0 radical (unpaired) electrons. The van der Waals surface area contributed by atoms with Gasteiger partial charge in [-0.2, -0.15) is 0 Å². The zero-order valence-corrected chi connectivity index (χ0v) is 10.1. The normalized spacial score (nSPS) is 10.9. The molecular weight excluding hydrogens is 263 g/mol. The zero-order valence-electron chi connectivity index (χ0n) is 7.81. The predicted octanol–water partition coefficient (Wildman–Crippen LogP) is 3.66. The maximum absolute atomic E-state index is 6.02.